The summed E-state index contributed by atoms with van der Waals surface area (Å²) in [5, 5.41) is 1.78. The van der Waals surface area contributed by atoms with Gasteiger partial charge < -0.3 is 14.2 Å². The molecule has 26 heavy (non-hydrogen) atoms. The molecular formula is C21H22ClNO3. The Morgan fingerprint density at radius 3 is 2.38 bits per heavy atom. The van der Waals surface area contributed by atoms with Crippen LogP contribution in [0.25, 0.3) is 10.9 Å². The number of pyridine rings is 1. The van der Waals surface area contributed by atoms with Crippen LogP contribution in [0.4, 0.5) is 0 Å². The zero-order chi connectivity index (χ0) is 18.4. The van der Waals surface area contributed by atoms with Gasteiger partial charge >= 0.3 is 0 Å². The average molecular weight is 372 g/mol. The van der Waals surface area contributed by atoms with E-state index in [9.17, 15) is 0 Å². The molecule has 0 atom stereocenters. The van der Waals surface area contributed by atoms with Crippen molar-refractivity contribution >= 4 is 22.5 Å². The molecule has 0 bridgehead atoms. The highest BCUT2D eigenvalue weighted by atomic mass is 35.5. The summed E-state index contributed by atoms with van der Waals surface area (Å²) in [7, 11) is 0. The first kappa shape index (κ1) is 18.5. The van der Waals surface area contributed by atoms with E-state index in [0.29, 0.717) is 31.5 Å². The standard InChI is InChI=1S/C21H22ClNO3/c1-15-14-18(22)8-9-19(15)25-12-10-24-11-13-26-20-5-3-4-17-7-6-16(2)23-21(17)20/h3-9,14H,10-13H2,1-2H3. The molecule has 2 aromatic carbocycles. The summed E-state index contributed by atoms with van der Waals surface area (Å²) in [6, 6.07) is 15.6. The van der Waals surface area contributed by atoms with Crippen LogP contribution in [0, 0.1) is 13.8 Å². The summed E-state index contributed by atoms with van der Waals surface area (Å²) in [5.74, 6) is 1.61. The lowest BCUT2D eigenvalue weighted by Crippen LogP contribution is -2.12. The van der Waals surface area contributed by atoms with Crippen LogP contribution >= 0.6 is 11.6 Å². The topological polar surface area (TPSA) is 40.6 Å². The van der Waals surface area contributed by atoms with Crippen LogP contribution in [-0.2, 0) is 4.74 Å². The molecule has 0 aliphatic rings. The van der Waals surface area contributed by atoms with Crippen LogP contribution in [0.3, 0.4) is 0 Å². The van der Waals surface area contributed by atoms with Crippen molar-refractivity contribution in [1.29, 1.82) is 0 Å². The number of aryl methyl sites for hydroxylation is 2. The molecule has 0 aliphatic heterocycles. The van der Waals surface area contributed by atoms with Crippen molar-refractivity contribution in [3.63, 3.8) is 0 Å². The van der Waals surface area contributed by atoms with E-state index in [4.69, 9.17) is 25.8 Å². The number of fused-ring (bicyclic) bond motifs is 1. The summed E-state index contributed by atoms with van der Waals surface area (Å²) in [4.78, 5) is 4.56. The number of hydrogen-bond donors (Lipinski definition) is 0. The Bertz CT molecular complexity index is 882. The Labute approximate surface area is 158 Å². The molecule has 1 heterocycles. The third kappa shape index (κ3) is 4.87. The number of ether oxygens (including phenoxy) is 3. The Hall–Kier alpha value is -2.30. The maximum absolute atomic E-state index is 5.93. The molecule has 0 saturated carbocycles. The summed E-state index contributed by atoms with van der Waals surface area (Å²) in [5.41, 5.74) is 2.87. The van der Waals surface area contributed by atoms with Crippen molar-refractivity contribution in [1.82, 2.24) is 4.98 Å². The summed E-state index contributed by atoms with van der Waals surface area (Å²) in [6.45, 7) is 5.88. The number of rotatable bonds is 8. The molecule has 3 rings (SSSR count). The lowest BCUT2D eigenvalue weighted by molar-refractivity contribution is 0.0766. The van der Waals surface area contributed by atoms with Crippen LogP contribution in [0.15, 0.2) is 48.5 Å². The number of aromatic nitrogens is 1. The van der Waals surface area contributed by atoms with Gasteiger partial charge in [-0.25, -0.2) is 4.98 Å². The number of halogens is 1. The number of hydrogen-bond acceptors (Lipinski definition) is 4. The largest absolute Gasteiger partial charge is 0.491 e. The lowest BCUT2D eigenvalue weighted by atomic mass is 10.2. The van der Waals surface area contributed by atoms with Crippen LogP contribution in [0.5, 0.6) is 11.5 Å². The van der Waals surface area contributed by atoms with Crippen molar-refractivity contribution in [2.75, 3.05) is 26.4 Å². The molecule has 0 unspecified atom stereocenters. The molecule has 0 fully saturated rings. The molecule has 5 heteroatoms. The van der Waals surface area contributed by atoms with Gasteiger partial charge in [-0.2, -0.15) is 0 Å². The molecular weight excluding hydrogens is 350 g/mol. The smallest absolute Gasteiger partial charge is 0.145 e. The first-order chi connectivity index (χ1) is 12.6. The van der Waals surface area contributed by atoms with Crippen LogP contribution < -0.4 is 9.47 Å². The normalized spacial score (nSPS) is 10.9. The fraction of sp³-hybridized carbons (Fsp3) is 0.286. The molecule has 0 radical (unpaired) electrons. The zero-order valence-corrected chi connectivity index (χ0v) is 15.8. The minimum atomic E-state index is 0.467. The summed E-state index contributed by atoms with van der Waals surface area (Å²) >= 11 is 5.93. The van der Waals surface area contributed by atoms with Crippen LogP contribution in [0.2, 0.25) is 5.02 Å². The SMILES string of the molecule is Cc1ccc2cccc(OCCOCCOc3ccc(Cl)cc3C)c2n1. The molecule has 3 aromatic rings. The van der Waals surface area contributed by atoms with Crippen molar-refractivity contribution in [2.45, 2.75) is 13.8 Å². The second-order valence-electron chi connectivity index (χ2n) is 6.00. The van der Waals surface area contributed by atoms with Crippen molar-refractivity contribution in [3.8, 4) is 11.5 Å². The summed E-state index contributed by atoms with van der Waals surface area (Å²) in [6.07, 6.45) is 0. The second kappa shape index (κ2) is 8.88. The number of benzene rings is 2. The highest BCUT2D eigenvalue weighted by Crippen LogP contribution is 2.24. The van der Waals surface area contributed by atoms with Crippen LogP contribution in [-0.4, -0.2) is 31.4 Å². The molecule has 0 saturated heterocycles. The van der Waals surface area contributed by atoms with Gasteiger partial charge in [0.2, 0.25) is 0 Å². The van der Waals surface area contributed by atoms with E-state index in [2.05, 4.69) is 11.1 Å². The maximum atomic E-state index is 5.93. The number of para-hydroxylation sites is 1. The Kier molecular flexibility index (Phi) is 6.31. The molecule has 136 valence electrons. The first-order valence-corrected chi connectivity index (χ1v) is 8.97. The molecule has 4 nitrogen and oxygen atoms in total. The second-order valence-corrected chi connectivity index (χ2v) is 6.44. The third-order valence-electron chi connectivity index (χ3n) is 3.93. The Morgan fingerprint density at radius 1 is 0.846 bits per heavy atom. The van der Waals surface area contributed by atoms with E-state index in [-0.39, 0.29) is 0 Å². The van der Waals surface area contributed by atoms with Gasteiger partial charge in [-0.15, -0.1) is 0 Å². The zero-order valence-electron chi connectivity index (χ0n) is 15.0. The first-order valence-electron chi connectivity index (χ1n) is 8.59. The maximum Gasteiger partial charge on any atom is 0.145 e. The third-order valence-corrected chi connectivity index (χ3v) is 4.17. The Balaban J connectivity index is 1.40. The molecule has 1 aromatic heterocycles. The van der Waals surface area contributed by atoms with Crippen molar-refractivity contribution < 1.29 is 14.2 Å². The molecule has 0 amide bonds. The van der Waals surface area contributed by atoms with Gasteiger partial charge in [0.15, 0.2) is 0 Å². The van der Waals surface area contributed by atoms with Gasteiger partial charge in [0, 0.05) is 16.1 Å². The summed E-state index contributed by atoms with van der Waals surface area (Å²) < 4.78 is 17.1. The monoisotopic (exact) mass is 371 g/mol. The average Bonchev–Trinajstić information content (AvgIpc) is 2.62. The predicted molar refractivity (Wildman–Crippen MR) is 104 cm³/mol. The van der Waals surface area contributed by atoms with E-state index >= 15 is 0 Å². The molecule has 0 spiro atoms. The minimum absolute atomic E-state index is 0.467. The fourth-order valence-corrected chi connectivity index (χ4v) is 2.86. The Morgan fingerprint density at radius 2 is 1.62 bits per heavy atom. The minimum Gasteiger partial charge on any atom is -0.491 e. The molecule has 0 N–H and O–H groups in total. The van der Waals surface area contributed by atoms with Crippen molar-refractivity contribution in [3.05, 3.63) is 64.8 Å². The number of nitrogens with zero attached hydrogens (tertiary/aromatic N) is 1. The van der Waals surface area contributed by atoms with Gasteiger partial charge in [0.25, 0.3) is 0 Å². The van der Waals surface area contributed by atoms with Gasteiger partial charge in [-0.3, -0.25) is 0 Å². The van der Waals surface area contributed by atoms with E-state index in [1.165, 1.54) is 0 Å². The van der Waals surface area contributed by atoms with Gasteiger partial charge in [0.05, 0.1) is 13.2 Å². The van der Waals surface area contributed by atoms with E-state index in [1.54, 1.807) is 0 Å². The molecule has 0 aliphatic carbocycles. The van der Waals surface area contributed by atoms with E-state index in [1.807, 2.05) is 56.3 Å². The van der Waals surface area contributed by atoms with Gasteiger partial charge in [-0.1, -0.05) is 29.8 Å². The van der Waals surface area contributed by atoms with Gasteiger partial charge in [0.1, 0.15) is 30.2 Å². The van der Waals surface area contributed by atoms with E-state index < -0.39 is 0 Å². The van der Waals surface area contributed by atoms with Crippen molar-refractivity contribution in [2.24, 2.45) is 0 Å². The van der Waals surface area contributed by atoms with E-state index in [0.717, 1.165) is 33.7 Å². The van der Waals surface area contributed by atoms with Gasteiger partial charge in [-0.05, 0) is 49.7 Å². The fourth-order valence-electron chi connectivity index (χ4n) is 2.63. The predicted octanol–water partition coefficient (Wildman–Crippen LogP) is 4.98. The quantitative estimate of drug-likeness (QED) is 0.523. The highest BCUT2D eigenvalue weighted by molar-refractivity contribution is 6.30. The highest BCUT2D eigenvalue weighted by Gasteiger charge is 2.04. The lowest BCUT2D eigenvalue weighted by Gasteiger charge is -2.11. The van der Waals surface area contributed by atoms with Crippen LogP contribution in [0.1, 0.15) is 11.3 Å².